The number of hydrogen-bond donors (Lipinski definition) is 2. The smallest absolute Gasteiger partial charge is 0.186 e. The molecule has 1 rings (SSSR count). The third-order valence-electron chi connectivity index (χ3n) is 2.33. The Bertz CT molecular complexity index is 478. The van der Waals surface area contributed by atoms with E-state index in [1.807, 2.05) is 0 Å². The van der Waals surface area contributed by atoms with Crippen molar-refractivity contribution in [2.45, 2.75) is 0 Å². The average Bonchev–Trinajstić information content (AvgIpc) is 2.46. The van der Waals surface area contributed by atoms with Crippen LogP contribution in [0.15, 0.2) is 17.2 Å². The van der Waals surface area contributed by atoms with E-state index >= 15 is 0 Å². The zero-order valence-electron chi connectivity index (χ0n) is 11.3. The van der Waals surface area contributed by atoms with Gasteiger partial charge in [-0.3, -0.25) is 5.43 Å². The molecule has 0 saturated heterocycles. The van der Waals surface area contributed by atoms with Gasteiger partial charge in [-0.15, -0.1) is 0 Å². The van der Waals surface area contributed by atoms with Crippen molar-refractivity contribution in [3.63, 3.8) is 0 Å². The number of nitrogens with zero attached hydrogens (tertiary/aromatic N) is 1. The van der Waals surface area contributed by atoms with Gasteiger partial charge in [0.05, 0.1) is 27.5 Å². The molecule has 0 bridgehead atoms. The lowest BCUT2D eigenvalue weighted by molar-refractivity contribution is 0.349. The number of thiocarbonyl (C=S) groups is 1. The molecule has 0 amide bonds. The van der Waals surface area contributed by atoms with E-state index in [1.54, 1.807) is 46.7 Å². The summed E-state index contributed by atoms with van der Waals surface area (Å²) in [5.41, 5.74) is 3.40. The number of benzene rings is 1. The van der Waals surface area contributed by atoms with Crippen molar-refractivity contribution in [3.8, 4) is 17.2 Å². The fourth-order valence-electron chi connectivity index (χ4n) is 1.37. The minimum absolute atomic E-state index is 0.427. The highest BCUT2D eigenvalue weighted by Crippen LogP contribution is 2.33. The number of methoxy groups -OCH3 is 3. The minimum atomic E-state index is 0.427. The van der Waals surface area contributed by atoms with Gasteiger partial charge in [0.15, 0.2) is 16.6 Å². The van der Waals surface area contributed by atoms with Crippen LogP contribution in [-0.4, -0.2) is 39.7 Å². The van der Waals surface area contributed by atoms with Gasteiger partial charge in [0.1, 0.15) is 5.75 Å². The summed E-state index contributed by atoms with van der Waals surface area (Å²) in [6.45, 7) is 0. The van der Waals surface area contributed by atoms with Crippen molar-refractivity contribution in [2.24, 2.45) is 5.10 Å². The van der Waals surface area contributed by atoms with Crippen molar-refractivity contribution >= 4 is 23.5 Å². The van der Waals surface area contributed by atoms with Crippen molar-refractivity contribution in [1.29, 1.82) is 0 Å². The lowest BCUT2D eigenvalue weighted by atomic mass is 10.2. The second-order valence-corrected chi connectivity index (χ2v) is 3.81. The SMILES string of the molecule is CNC(=S)N/N=C\c1cc(OC)c(OC)cc1OC. The van der Waals surface area contributed by atoms with E-state index in [-0.39, 0.29) is 0 Å². The lowest BCUT2D eigenvalue weighted by Gasteiger charge is -2.11. The monoisotopic (exact) mass is 283 g/mol. The topological polar surface area (TPSA) is 64.1 Å². The van der Waals surface area contributed by atoms with Crippen LogP contribution in [0.4, 0.5) is 0 Å². The van der Waals surface area contributed by atoms with E-state index in [1.165, 1.54) is 0 Å². The fourth-order valence-corrected chi connectivity index (χ4v) is 1.42. The van der Waals surface area contributed by atoms with Gasteiger partial charge in [-0.05, 0) is 18.3 Å². The van der Waals surface area contributed by atoms with Crippen LogP contribution < -0.4 is 25.0 Å². The number of ether oxygens (including phenoxy) is 3. The maximum absolute atomic E-state index is 5.27. The van der Waals surface area contributed by atoms with Crippen LogP contribution in [0.5, 0.6) is 17.2 Å². The lowest BCUT2D eigenvalue weighted by Crippen LogP contribution is -2.28. The van der Waals surface area contributed by atoms with E-state index in [4.69, 9.17) is 26.4 Å². The molecule has 0 atom stereocenters. The summed E-state index contributed by atoms with van der Waals surface area (Å²) in [6, 6.07) is 3.50. The Kier molecular flexibility index (Phi) is 5.87. The summed E-state index contributed by atoms with van der Waals surface area (Å²) < 4.78 is 15.7. The molecule has 0 aliphatic heterocycles. The molecule has 104 valence electrons. The number of rotatable bonds is 5. The van der Waals surface area contributed by atoms with Gasteiger partial charge in [-0.1, -0.05) is 0 Å². The van der Waals surface area contributed by atoms with Crippen LogP contribution in [0.3, 0.4) is 0 Å². The van der Waals surface area contributed by atoms with Crippen molar-refractivity contribution in [3.05, 3.63) is 17.7 Å². The summed E-state index contributed by atoms with van der Waals surface area (Å²) in [7, 11) is 6.42. The van der Waals surface area contributed by atoms with Gasteiger partial charge >= 0.3 is 0 Å². The Morgan fingerprint density at radius 2 is 1.68 bits per heavy atom. The average molecular weight is 283 g/mol. The summed E-state index contributed by atoms with van der Waals surface area (Å²) in [5, 5.41) is 7.17. The molecule has 1 aromatic rings. The normalized spacial score (nSPS) is 10.1. The first-order valence-corrected chi connectivity index (χ1v) is 5.87. The van der Waals surface area contributed by atoms with Gasteiger partial charge in [0, 0.05) is 18.7 Å². The standard InChI is InChI=1S/C12H17N3O3S/c1-13-12(19)15-14-7-8-5-10(17-3)11(18-4)6-9(8)16-2/h5-7H,1-4H3,(H2,13,15,19)/b14-7-. The van der Waals surface area contributed by atoms with Gasteiger partial charge < -0.3 is 19.5 Å². The molecule has 7 heteroatoms. The largest absolute Gasteiger partial charge is 0.496 e. The van der Waals surface area contributed by atoms with Crippen LogP contribution >= 0.6 is 12.2 Å². The molecule has 0 fully saturated rings. The number of nitrogens with one attached hydrogen (secondary N) is 2. The molecule has 0 unspecified atom stereocenters. The second-order valence-electron chi connectivity index (χ2n) is 3.40. The highest BCUT2D eigenvalue weighted by Gasteiger charge is 2.10. The van der Waals surface area contributed by atoms with Crippen LogP contribution in [-0.2, 0) is 0 Å². The molecule has 2 N–H and O–H groups in total. The van der Waals surface area contributed by atoms with Crippen LogP contribution in [0.25, 0.3) is 0 Å². The maximum Gasteiger partial charge on any atom is 0.186 e. The summed E-state index contributed by atoms with van der Waals surface area (Å²) in [4.78, 5) is 0. The molecule has 0 aromatic heterocycles. The van der Waals surface area contributed by atoms with Crippen LogP contribution in [0.2, 0.25) is 0 Å². The summed E-state index contributed by atoms with van der Waals surface area (Å²) in [6.07, 6.45) is 1.59. The molecule has 0 aliphatic carbocycles. The molecule has 0 saturated carbocycles. The third-order valence-corrected chi connectivity index (χ3v) is 2.63. The zero-order valence-corrected chi connectivity index (χ0v) is 12.1. The highest BCUT2D eigenvalue weighted by atomic mass is 32.1. The van der Waals surface area contributed by atoms with Gasteiger partial charge in [-0.2, -0.15) is 5.10 Å². The Hall–Kier alpha value is -2.02. The van der Waals surface area contributed by atoms with Crippen molar-refractivity contribution in [1.82, 2.24) is 10.7 Å². The number of hydrazone groups is 1. The summed E-state index contributed by atoms with van der Waals surface area (Å²) in [5.74, 6) is 1.81. The second kappa shape index (κ2) is 7.42. The molecule has 19 heavy (non-hydrogen) atoms. The predicted molar refractivity (Wildman–Crippen MR) is 78.5 cm³/mol. The van der Waals surface area contributed by atoms with E-state index < -0.39 is 0 Å². The van der Waals surface area contributed by atoms with E-state index in [9.17, 15) is 0 Å². The molecule has 0 radical (unpaired) electrons. The van der Waals surface area contributed by atoms with E-state index in [2.05, 4.69) is 15.8 Å². The maximum atomic E-state index is 5.27. The molecule has 0 aliphatic rings. The predicted octanol–water partition coefficient (Wildman–Crippen LogP) is 1.14. The highest BCUT2D eigenvalue weighted by molar-refractivity contribution is 7.80. The quantitative estimate of drug-likeness (QED) is 0.480. The Morgan fingerprint density at radius 1 is 1.11 bits per heavy atom. The van der Waals surface area contributed by atoms with Crippen molar-refractivity contribution < 1.29 is 14.2 Å². The Morgan fingerprint density at radius 3 is 2.21 bits per heavy atom. The fraction of sp³-hybridized carbons (Fsp3) is 0.333. The van der Waals surface area contributed by atoms with Crippen molar-refractivity contribution in [2.75, 3.05) is 28.4 Å². The first-order chi connectivity index (χ1) is 9.15. The molecular weight excluding hydrogens is 266 g/mol. The molecule has 0 spiro atoms. The van der Waals surface area contributed by atoms with Gasteiger partial charge in [0.2, 0.25) is 0 Å². The molecular formula is C12H17N3O3S. The third kappa shape index (κ3) is 3.99. The van der Waals surface area contributed by atoms with E-state index in [0.29, 0.717) is 22.4 Å². The molecule has 0 heterocycles. The summed E-state index contributed by atoms with van der Waals surface area (Å²) >= 11 is 4.91. The Labute approximate surface area is 117 Å². The number of hydrogen-bond acceptors (Lipinski definition) is 5. The molecule has 6 nitrogen and oxygen atoms in total. The minimum Gasteiger partial charge on any atom is -0.496 e. The first kappa shape index (κ1) is 15.0. The van der Waals surface area contributed by atoms with E-state index in [0.717, 1.165) is 5.56 Å². The van der Waals surface area contributed by atoms with Gasteiger partial charge in [-0.25, -0.2) is 0 Å². The zero-order chi connectivity index (χ0) is 14.3. The van der Waals surface area contributed by atoms with Gasteiger partial charge in [0.25, 0.3) is 0 Å². The van der Waals surface area contributed by atoms with Crippen LogP contribution in [0.1, 0.15) is 5.56 Å². The van der Waals surface area contributed by atoms with Crippen LogP contribution in [0, 0.1) is 0 Å². The molecule has 1 aromatic carbocycles. The Balaban J connectivity index is 3.01. The first-order valence-electron chi connectivity index (χ1n) is 5.47.